The van der Waals surface area contributed by atoms with Crippen molar-refractivity contribution in [2.45, 2.75) is 6.42 Å². The zero-order chi connectivity index (χ0) is 9.97. The van der Waals surface area contributed by atoms with Crippen molar-refractivity contribution >= 4 is 0 Å². The van der Waals surface area contributed by atoms with E-state index in [1.807, 2.05) is 0 Å². The summed E-state index contributed by atoms with van der Waals surface area (Å²) in [5, 5.41) is 2.46. The van der Waals surface area contributed by atoms with Crippen LogP contribution in [-0.2, 0) is 6.42 Å². The standard InChI is InChI=1S/C10H8FNO2/c11-8-3-1-2-7(4-8)5-9-6-10(13)14-12-9/h1-4,6,12H,5H2. The molecule has 4 heteroatoms. The zero-order valence-electron chi connectivity index (χ0n) is 7.29. The molecular formula is C10H8FNO2. The first kappa shape index (κ1) is 8.74. The van der Waals surface area contributed by atoms with Crippen LogP contribution in [0.15, 0.2) is 39.6 Å². The van der Waals surface area contributed by atoms with Crippen molar-refractivity contribution in [3.05, 3.63) is 57.8 Å². The number of aromatic amines is 1. The third kappa shape index (κ3) is 1.90. The third-order valence-electron chi connectivity index (χ3n) is 1.86. The predicted octanol–water partition coefficient (Wildman–Crippen LogP) is 1.70. The van der Waals surface area contributed by atoms with Gasteiger partial charge in [-0.05, 0) is 17.7 Å². The highest BCUT2D eigenvalue weighted by Crippen LogP contribution is 2.07. The molecule has 3 nitrogen and oxygen atoms in total. The lowest BCUT2D eigenvalue weighted by Gasteiger charge is -1.97. The fourth-order valence-corrected chi connectivity index (χ4v) is 1.27. The van der Waals surface area contributed by atoms with Gasteiger partial charge in [0, 0.05) is 12.5 Å². The lowest BCUT2D eigenvalue weighted by atomic mass is 10.1. The molecular weight excluding hydrogens is 185 g/mol. The Morgan fingerprint density at radius 3 is 2.86 bits per heavy atom. The monoisotopic (exact) mass is 193 g/mol. The number of nitrogens with one attached hydrogen (secondary N) is 1. The summed E-state index contributed by atoms with van der Waals surface area (Å²) in [4.78, 5) is 10.7. The van der Waals surface area contributed by atoms with Crippen LogP contribution in [0.5, 0.6) is 0 Å². The second-order valence-electron chi connectivity index (χ2n) is 3.00. The van der Waals surface area contributed by atoms with Gasteiger partial charge in [0.2, 0.25) is 0 Å². The summed E-state index contributed by atoms with van der Waals surface area (Å²) in [5.41, 5.74) is 1.01. The van der Waals surface area contributed by atoms with Gasteiger partial charge in [0.25, 0.3) is 0 Å². The van der Waals surface area contributed by atoms with Gasteiger partial charge in [0.1, 0.15) is 5.82 Å². The number of aromatic nitrogens is 1. The van der Waals surface area contributed by atoms with E-state index in [2.05, 4.69) is 9.68 Å². The number of rotatable bonds is 2. The minimum Gasteiger partial charge on any atom is -0.339 e. The molecule has 1 aromatic carbocycles. The van der Waals surface area contributed by atoms with Crippen LogP contribution in [0.1, 0.15) is 11.3 Å². The molecule has 0 radical (unpaired) electrons. The van der Waals surface area contributed by atoms with Crippen molar-refractivity contribution in [1.82, 2.24) is 5.16 Å². The molecule has 0 spiro atoms. The molecule has 2 rings (SSSR count). The van der Waals surface area contributed by atoms with Gasteiger partial charge in [-0.15, -0.1) is 0 Å². The Labute approximate surface area is 79.1 Å². The molecule has 0 atom stereocenters. The first-order valence-electron chi connectivity index (χ1n) is 4.16. The maximum atomic E-state index is 12.8. The van der Waals surface area contributed by atoms with Crippen LogP contribution in [0.4, 0.5) is 4.39 Å². The predicted molar refractivity (Wildman–Crippen MR) is 48.5 cm³/mol. The maximum Gasteiger partial charge on any atom is 0.357 e. The Morgan fingerprint density at radius 1 is 1.36 bits per heavy atom. The molecule has 0 saturated carbocycles. The van der Waals surface area contributed by atoms with Crippen molar-refractivity contribution < 1.29 is 8.91 Å². The SMILES string of the molecule is O=c1cc(Cc2cccc(F)c2)[nH]o1. The van der Waals surface area contributed by atoms with E-state index in [0.717, 1.165) is 5.56 Å². The van der Waals surface area contributed by atoms with E-state index in [1.165, 1.54) is 18.2 Å². The summed E-state index contributed by atoms with van der Waals surface area (Å²) in [7, 11) is 0. The highest BCUT2D eigenvalue weighted by atomic mass is 19.1. The minimum atomic E-state index is -0.420. The molecule has 0 amide bonds. The summed E-state index contributed by atoms with van der Waals surface area (Å²) in [6.45, 7) is 0. The van der Waals surface area contributed by atoms with Gasteiger partial charge < -0.3 is 4.52 Å². The number of hydrogen-bond donors (Lipinski definition) is 1. The van der Waals surface area contributed by atoms with Crippen LogP contribution in [0.2, 0.25) is 0 Å². The lowest BCUT2D eigenvalue weighted by Crippen LogP contribution is -1.90. The van der Waals surface area contributed by atoms with E-state index in [0.29, 0.717) is 12.1 Å². The van der Waals surface area contributed by atoms with Crippen LogP contribution in [0.25, 0.3) is 0 Å². The smallest absolute Gasteiger partial charge is 0.339 e. The van der Waals surface area contributed by atoms with Gasteiger partial charge >= 0.3 is 5.63 Å². The topological polar surface area (TPSA) is 46.0 Å². The Bertz CT molecular complexity index is 487. The number of H-pyrrole nitrogens is 1. The fourth-order valence-electron chi connectivity index (χ4n) is 1.27. The van der Waals surface area contributed by atoms with Gasteiger partial charge in [-0.2, -0.15) is 0 Å². The van der Waals surface area contributed by atoms with Gasteiger partial charge in [-0.1, -0.05) is 12.1 Å². The molecule has 0 fully saturated rings. The van der Waals surface area contributed by atoms with Crippen molar-refractivity contribution in [2.75, 3.05) is 0 Å². The fraction of sp³-hybridized carbons (Fsp3) is 0.100. The van der Waals surface area contributed by atoms with Crippen LogP contribution in [-0.4, -0.2) is 5.16 Å². The molecule has 0 saturated heterocycles. The lowest BCUT2D eigenvalue weighted by molar-refractivity contribution is 0.386. The molecule has 0 bridgehead atoms. The summed E-state index contributed by atoms with van der Waals surface area (Å²) in [5.74, 6) is -0.284. The van der Waals surface area contributed by atoms with Crippen LogP contribution in [0.3, 0.4) is 0 Å². The van der Waals surface area contributed by atoms with Gasteiger partial charge in [-0.25, -0.2) is 14.3 Å². The summed E-state index contributed by atoms with van der Waals surface area (Å²) >= 11 is 0. The van der Waals surface area contributed by atoms with E-state index < -0.39 is 5.63 Å². The summed E-state index contributed by atoms with van der Waals surface area (Å²) in [6, 6.07) is 7.56. The number of benzene rings is 1. The molecule has 72 valence electrons. The number of hydrogen-bond acceptors (Lipinski definition) is 2. The van der Waals surface area contributed by atoms with Crippen LogP contribution in [0, 0.1) is 5.82 Å². The Balaban J connectivity index is 2.22. The first-order chi connectivity index (χ1) is 6.74. The zero-order valence-corrected chi connectivity index (χ0v) is 7.29. The van der Waals surface area contributed by atoms with E-state index in [9.17, 15) is 9.18 Å². The second-order valence-corrected chi connectivity index (χ2v) is 3.00. The summed E-state index contributed by atoms with van der Waals surface area (Å²) in [6.07, 6.45) is 0.462. The Hall–Kier alpha value is -1.84. The van der Waals surface area contributed by atoms with E-state index in [1.54, 1.807) is 12.1 Å². The second kappa shape index (κ2) is 3.49. The van der Waals surface area contributed by atoms with E-state index in [-0.39, 0.29) is 5.82 Å². The van der Waals surface area contributed by atoms with Crippen molar-refractivity contribution in [3.63, 3.8) is 0 Å². The molecule has 0 aliphatic carbocycles. The summed E-state index contributed by atoms with van der Waals surface area (Å²) < 4.78 is 17.3. The van der Waals surface area contributed by atoms with Crippen molar-refractivity contribution in [2.24, 2.45) is 0 Å². The molecule has 1 N–H and O–H groups in total. The molecule has 0 unspecified atom stereocenters. The highest BCUT2D eigenvalue weighted by Gasteiger charge is 2.00. The quantitative estimate of drug-likeness (QED) is 0.788. The van der Waals surface area contributed by atoms with Gasteiger partial charge in [0.05, 0.1) is 5.69 Å². The van der Waals surface area contributed by atoms with Crippen molar-refractivity contribution in [1.29, 1.82) is 0 Å². The Kier molecular flexibility index (Phi) is 2.18. The average molecular weight is 193 g/mol. The van der Waals surface area contributed by atoms with Gasteiger partial charge in [-0.3, -0.25) is 0 Å². The molecule has 0 aliphatic rings. The minimum absolute atomic E-state index is 0.284. The first-order valence-corrected chi connectivity index (χ1v) is 4.16. The van der Waals surface area contributed by atoms with E-state index >= 15 is 0 Å². The number of halogens is 1. The van der Waals surface area contributed by atoms with Gasteiger partial charge in [0.15, 0.2) is 0 Å². The molecule has 2 aromatic rings. The van der Waals surface area contributed by atoms with E-state index in [4.69, 9.17) is 0 Å². The molecule has 1 aromatic heterocycles. The highest BCUT2D eigenvalue weighted by molar-refractivity contribution is 5.21. The van der Waals surface area contributed by atoms with Crippen LogP contribution >= 0.6 is 0 Å². The normalized spacial score (nSPS) is 10.4. The van der Waals surface area contributed by atoms with Crippen molar-refractivity contribution in [3.8, 4) is 0 Å². The molecule has 14 heavy (non-hydrogen) atoms. The Morgan fingerprint density at radius 2 is 2.21 bits per heavy atom. The van der Waals surface area contributed by atoms with Crippen LogP contribution < -0.4 is 5.63 Å². The average Bonchev–Trinajstić information content (AvgIpc) is 2.51. The third-order valence-corrected chi connectivity index (χ3v) is 1.86. The molecule has 0 aliphatic heterocycles. The molecule has 1 heterocycles. The maximum absolute atomic E-state index is 12.8. The largest absolute Gasteiger partial charge is 0.357 e.